The Morgan fingerprint density at radius 3 is 1.01 bits per heavy atom. The molecular formula is C62H62BFO8. The SMILES string of the molecule is CCOc1ccc(/C(=C/c2cc(-c3ccccc3)cc(-c3ccccc3)[o+]2)CC)cc1OCC.CCOc1ccc(/C(=C/c2cc(-c3ccccc3)cc(-c3ccccc3)[o+]2)CC)cc1OCC.[O-]B([O-])F. The predicted octanol–water partition coefficient (Wildman–Crippen LogP) is 14.9. The molecule has 0 saturated carbocycles. The number of ether oxygens (including phenoxy) is 4. The van der Waals surface area contributed by atoms with Crippen molar-refractivity contribution >= 4 is 30.7 Å². The maximum absolute atomic E-state index is 9.89. The van der Waals surface area contributed by atoms with Crippen LogP contribution in [-0.2, 0) is 0 Å². The molecule has 72 heavy (non-hydrogen) atoms. The van der Waals surface area contributed by atoms with Crippen LogP contribution in [-0.4, -0.2) is 33.8 Å². The average molecular weight is 965 g/mol. The van der Waals surface area contributed by atoms with Gasteiger partial charge in [0, 0.05) is 23.3 Å². The average Bonchev–Trinajstić information content (AvgIpc) is 3.41. The van der Waals surface area contributed by atoms with E-state index < -0.39 is 7.40 Å². The summed E-state index contributed by atoms with van der Waals surface area (Å²) in [7, 11) is -3.17. The lowest BCUT2D eigenvalue weighted by atomic mass is 10.00. The zero-order valence-electron chi connectivity index (χ0n) is 41.9. The molecule has 0 amide bonds. The molecule has 8 aromatic rings. The first-order valence-corrected chi connectivity index (χ1v) is 24.5. The Hall–Kier alpha value is -7.79. The normalized spacial score (nSPS) is 11.1. The van der Waals surface area contributed by atoms with E-state index >= 15 is 0 Å². The van der Waals surface area contributed by atoms with Gasteiger partial charge in [0.2, 0.25) is 0 Å². The lowest BCUT2D eigenvalue weighted by Crippen LogP contribution is -2.39. The van der Waals surface area contributed by atoms with Crippen molar-refractivity contribution in [1.82, 2.24) is 0 Å². The summed E-state index contributed by atoms with van der Waals surface area (Å²) >= 11 is 0. The summed E-state index contributed by atoms with van der Waals surface area (Å²) in [6, 6.07) is 61.9. The van der Waals surface area contributed by atoms with Crippen LogP contribution in [0.2, 0.25) is 0 Å². The Balaban J connectivity index is 0.000000219. The molecule has 0 radical (unpaired) electrons. The summed E-state index contributed by atoms with van der Waals surface area (Å²) in [6.45, 7) is 14.6. The minimum Gasteiger partial charge on any atom is -0.867 e. The molecule has 0 N–H and O–H groups in total. The van der Waals surface area contributed by atoms with E-state index in [2.05, 4.69) is 147 Å². The Morgan fingerprint density at radius 1 is 0.403 bits per heavy atom. The molecule has 0 spiro atoms. The van der Waals surface area contributed by atoms with Crippen molar-refractivity contribution in [3.05, 3.63) is 205 Å². The largest absolute Gasteiger partial charge is 0.867 e. The molecule has 0 fully saturated rings. The monoisotopic (exact) mass is 964 g/mol. The van der Waals surface area contributed by atoms with E-state index in [0.717, 1.165) is 115 Å². The molecule has 368 valence electrons. The van der Waals surface area contributed by atoms with Gasteiger partial charge in [-0.3, -0.25) is 0 Å². The topological polar surface area (TPSA) is 106 Å². The molecule has 2 aromatic heterocycles. The lowest BCUT2D eigenvalue weighted by Gasteiger charge is -2.13. The number of rotatable bonds is 18. The van der Waals surface area contributed by atoms with Gasteiger partial charge >= 0.3 is 23.0 Å². The highest BCUT2D eigenvalue weighted by Gasteiger charge is 2.21. The molecule has 0 bridgehead atoms. The highest BCUT2D eigenvalue weighted by atomic mass is 19.1. The standard InChI is InChI=1S/2C31H31O3.BFO2/c2*1-4-23(26-17-18-29(32-5-2)31(21-26)33-6-3)19-28-20-27(24-13-9-7-10-14-24)22-30(34-28)25-15-11-8-12-16-25;2-1(3)4/h2*7-22H,4-6H2,1-3H3;/q2*+1;-2/b2*23-19+;. The summed E-state index contributed by atoms with van der Waals surface area (Å²) in [6.07, 6.45) is 5.96. The molecule has 8 nitrogen and oxygen atoms in total. The van der Waals surface area contributed by atoms with Crippen LogP contribution in [0.25, 0.3) is 68.2 Å². The molecule has 2 heterocycles. The molecule has 0 aliphatic carbocycles. The van der Waals surface area contributed by atoms with Crippen molar-refractivity contribution in [3.8, 4) is 67.9 Å². The van der Waals surface area contributed by atoms with Gasteiger partial charge in [0.05, 0.1) is 61.8 Å². The molecule has 0 aliphatic heterocycles. The van der Waals surface area contributed by atoms with Crippen LogP contribution in [0, 0.1) is 0 Å². The van der Waals surface area contributed by atoms with Gasteiger partial charge in [-0.15, -0.1) is 0 Å². The molecule has 8 rings (SSSR count). The molecule has 0 unspecified atom stereocenters. The second-order valence-corrected chi connectivity index (χ2v) is 16.1. The van der Waals surface area contributed by atoms with Crippen LogP contribution in [0.4, 0.5) is 4.32 Å². The van der Waals surface area contributed by atoms with E-state index in [1.165, 1.54) is 0 Å². The molecule has 0 atom stereocenters. The van der Waals surface area contributed by atoms with Crippen molar-refractivity contribution < 1.29 is 42.1 Å². The predicted molar refractivity (Wildman–Crippen MR) is 289 cm³/mol. The summed E-state index contributed by atoms with van der Waals surface area (Å²) in [4.78, 5) is 0. The maximum atomic E-state index is 9.89. The minimum absolute atomic E-state index is 0.587. The van der Waals surface area contributed by atoms with Gasteiger partial charge in [-0.1, -0.05) is 123 Å². The summed E-state index contributed by atoms with van der Waals surface area (Å²) in [5.41, 5.74) is 11.2. The molecule has 0 aliphatic rings. The molecular weight excluding hydrogens is 902 g/mol. The second kappa shape index (κ2) is 28.2. The summed E-state index contributed by atoms with van der Waals surface area (Å²) in [5.74, 6) is 6.36. The van der Waals surface area contributed by atoms with Gasteiger partial charge in [0.25, 0.3) is 0 Å². The zero-order valence-corrected chi connectivity index (χ0v) is 41.9. The van der Waals surface area contributed by atoms with Gasteiger partial charge in [0.15, 0.2) is 23.0 Å². The van der Waals surface area contributed by atoms with Crippen LogP contribution in [0.5, 0.6) is 23.0 Å². The van der Waals surface area contributed by atoms with Crippen LogP contribution in [0.3, 0.4) is 0 Å². The third-order valence-electron chi connectivity index (χ3n) is 11.2. The number of hydrogen-bond acceptors (Lipinski definition) is 6. The third kappa shape index (κ3) is 15.6. The number of halogens is 1. The third-order valence-corrected chi connectivity index (χ3v) is 11.2. The quantitative estimate of drug-likeness (QED) is 0.0618. The van der Waals surface area contributed by atoms with Gasteiger partial charge < -0.3 is 33.3 Å². The first-order chi connectivity index (χ1) is 35.2. The Kier molecular flexibility index (Phi) is 20.9. The first kappa shape index (κ1) is 53.6. The minimum atomic E-state index is -3.17. The van der Waals surface area contributed by atoms with Gasteiger partial charge in [-0.25, -0.2) is 8.83 Å². The van der Waals surface area contributed by atoms with E-state index in [-0.39, 0.29) is 0 Å². The summed E-state index contributed by atoms with van der Waals surface area (Å²) < 4.78 is 45.9. The lowest BCUT2D eigenvalue weighted by molar-refractivity contribution is -0.366. The van der Waals surface area contributed by atoms with Crippen LogP contribution in [0.15, 0.2) is 191 Å². The first-order valence-electron chi connectivity index (χ1n) is 24.5. The van der Waals surface area contributed by atoms with Crippen LogP contribution < -0.4 is 29.0 Å². The smallest absolute Gasteiger partial charge is 0.361 e. The maximum Gasteiger partial charge on any atom is 0.361 e. The number of benzene rings is 6. The van der Waals surface area contributed by atoms with Crippen molar-refractivity contribution in [3.63, 3.8) is 0 Å². The highest BCUT2D eigenvalue weighted by molar-refractivity contribution is 6.27. The second-order valence-electron chi connectivity index (χ2n) is 16.1. The van der Waals surface area contributed by atoms with Gasteiger partial charge in [-0.2, -0.15) is 0 Å². The number of hydrogen-bond donors (Lipinski definition) is 0. The molecule has 10 heteroatoms. The van der Waals surface area contributed by atoms with E-state index in [1.807, 2.05) is 88.4 Å². The molecule has 6 aromatic carbocycles. The Labute approximate surface area is 424 Å². The Bertz CT molecular complexity index is 2640. The van der Waals surface area contributed by atoms with Crippen LogP contribution in [0.1, 0.15) is 77.0 Å². The molecule has 0 saturated heterocycles. The van der Waals surface area contributed by atoms with Crippen molar-refractivity contribution in [1.29, 1.82) is 0 Å². The number of allylic oxidation sites excluding steroid dienone is 2. The van der Waals surface area contributed by atoms with Gasteiger partial charge in [0.1, 0.15) is 7.40 Å². The Morgan fingerprint density at radius 2 is 0.708 bits per heavy atom. The van der Waals surface area contributed by atoms with E-state index in [0.29, 0.717) is 26.4 Å². The zero-order chi connectivity index (χ0) is 51.1. The van der Waals surface area contributed by atoms with Crippen LogP contribution >= 0.6 is 0 Å². The van der Waals surface area contributed by atoms with E-state index in [4.69, 9.17) is 37.8 Å². The van der Waals surface area contributed by atoms with E-state index in [1.54, 1.807) is 0 Å². The van der Waals surface area contributed by atoms with Gasteiger partial charge in [-0.05, 0) is 122 Å². The summed E-state index contributed by atoms with van der Waals surface area (Å²) in [5, 5.41) is 16.6. The van der Waals surface area contributed by atoms with Crippen molar-refractivity contribution in [2.75, 3.05) is 26.4 Å². The van der Waals surface area contributed by atoms with Crippen molar-refractivity contribution in [2.45, 2.75) is 54.4 Å². The van der Waals surface area contributed by atoms with Crippen molar-refractivity contribution in [2.24, 2.45) is 0 Å². The highest BCUT2D eigenvalue weighted by Crippen LogP contribution is 2.37. The fourth-order valence-electron chi connectivity index (χ4n) is 7.89. The fourth-order valence-corrected chi connectivity index (χ4v) is 7.89. The van der Waals surface area contributed by atoms with E-state index in [9.17, 15) is 4.32 Å². The fraction of sp³-hybridized carbons (Fsp3) is 0.194.